The van der Waals surface area contributed by atoms with Crippen LogP contribution in [0.25, 0.3) is 0 Å². The van der Waals surface area contributed by atoms with E-state index in [-0.39, 0.29) is 11.8 Å². The highest BCUT2D eigenvalue weighted by molar-refractivity contribution is 6.02. The Hall–Kier alpha value is -2.78. The number of aromatic nitrogens is 1. The molecule has 2 fully saturated rings. The molecule has 1 aromatic heterocycles. The molecule has 0 bridgehead atoms. The molecule has 4 rings (SSSR count). The number of carbonyl (C=O) groups is 1. The summed E-state index contributed by atoms with van der Waals surface area (Å²) in [6.45, 7) is 6.04. The van der Waals surface area contributed by atoms with Crippen LogP contribution in [0.4, 0.5) is 0 Å². The number of hydrogen-bond acceptors (Lipinski definition) is 8. The summed E-state index contributed by atoms with van der Waals surface area (Å²) < 4.78 is 0. The molecule has 0 radical (unpaired) electrons. The molecule has 178 valence electrons. The van der Waals surface area contributed by atoms with Crippen LogP contribution in [0.2, 0.25) is 0 Å². The van der Waals surface area contributed by atoms with Gasteiger partial charge < -0.3 is 15.1 Å². The lowest BCUT2D eigenvalue weighted by Gasteiger charge is -2.37. The van der Waals surface area contributed by atoms with E-state index in [1.54, 1.807) is 19.5 Å². The quantitative estimate of drug-likeness (QED) is 0.500. The first-order valence-electron chi connectivity index (χ1n) is 11.8. The maximum Gasteiger partial charge on any atom is 0.225 e. The number of oxime groups is 1. The second kappa shape index (κ2) is 10.4. The van der Waals surface area contributed by atoms with Crippen LogP contribution in [0.5, 0.6) is 0 Å². The van der Waals surface area contributed by atoms with Crippen molar-refractivity contribution in [1.82, 2.24) is 20.1 Å². The van der Waals surface area contributed by atoms with Crippen molar-refractivity contribution in [2.24, 2.45) is 27.7 Å². The zero-order chi connectivity index (χ0) is 23.3. The molecular weight excluding hydrogens is 418 g/mol. The summed E-state index contributed by atoms with van der Waals surface area (Å²) in [5.74, 6) is -0.0105. The van der Waals surface area contributed by atoms with E-state index in [1.165, 1.54) is 0 Å². The fraction of sp³-hybridized carbons (Fsp3) is 0.583. The Morgan fingerprint density at radius 1 is 1.18 bits per heavy atom. The van der Waals surface area contributed by atoms with E-state index in [4.69, 9.17) is 10.6 Å². The van der Waals surface area contributed by atoms with Gasteiger partial charge in [0.05, 0.1) is 5.71 Å². The van der Waals surface area contributed by atoms with Crippen molar-refractivity contribution in [3.05, 3.63) is 41.9 Å². The van der Waals surface area contributed by atoms with Crippen molar-refractivity contribution in [1.29, 1.82) is 0 Å². The molecule has 0 aliphatic carbocycles. The van der Waals surface area contributed by atoms with Crippen molar-refractivity contribution in [2.75, 3.05) is 39.8 Å². The Morgan fingerprint density at radius 3 is 2.45 bits per heavy atom. The Kier molecular flexibility index (Phi) is 7.39. The number of nitrogens with two attached hydrogens (primary N) is 1. The molecule has 9 nitrogen and oxygen atoms in total. The molecule has 0 spiro atoms. The van der Waals surface area contributed by atoms with Gasteiger partial charge in [0, 0.05) is 61.8 Å². The molecule has 0 saturated carbocycles. The minimum atomic E-state index is -0.717. The van der Waals surface area contributed by atoms with Gasteiger partial charge in [-0.2, -0.15) is 0 Å². The van der Waals surface area contributed by atoms with E-state index in [9.17, 15) is 4.79 Å². The van der Waals surface area contributed by atoms with Crippen LogP contribution in [0.1, 0.15) is 38.2 Å². The summed E-state index contributed by atoms with van der Waals surface area (Å²) in [5.41, 5.74) is 9.04. The van der Waals surface area contributed by atoms with Crippen LogP contribution in [0.3, 0.4) is 0 Å². The van der Waals surface area contributed by atoms with E-state index in [0.29, 0.717) is 5.91 Å². The molecule has 2 saturated heterocycles. The van der Waals surface area contributed by atoms with Gasteiger partial charge in [-0.1, -0.05) is 5.16 Å². The van der Waals surface area contributed by atoms with Gasteiger partial charge in [0.1, 0.15) is 7.11 Å². The van der Waals surface area contributed by atoms with E-state index in [0.717, 1.165) is 75.3 Å². The van der Waals surface area contributed by atoms with Gasteiger partial charge in [-0.3, -0.25) is 25.4 Å². The van der Waals surface area contributed by atoms with Crippen molar-refractivity contribution in [3.8, 4) is 0 Å². The third-order valence-electron chi connectivity index (χ3n) is 6.75. The van der Waals surface area contributed by atoms with E-state index < -0.39 is 5.79 Å². The monoisotopic (exact) mass is 453 g/mol. The lowest BCUT2D eigenvalue weighted by molar-refractivity contribution is -0.138. The van der Waals surface area contributed by atoms with Crippen LogP contribution in [-0.2, 0) is 9.63 Å². The Bertz CT molecular complexity index is 897. The SMILES string of the molecule is CO/N=C(\c1ccncc1)C1CCN(C(=O)C2CCN(CC3=CNC(C)(N)N=C3)CC2)CC1. The normalized spacial score (nSPS) is 25.5. The molecule has 3 aliphatic heterocycles. The Balaban J connectivity index is 1.25. The summed E-state index contributed by atoms with van der Waals surface area (Å²) in [5, 5.41) is 7.41. The van der Waals surface area contributed by atoms with Gasteiger partial charge in [-0.15, -0.1) is 0 Å². The molecule has 3 aliphatic rings. The largest absolute Gasteiger partial charge is 0.399 e. The van der Waals surface area contributed by atoms with Crippen LogP contribution in [-0.4, -0.2) is 78.2 Å². The number of piperidine rings is 2. The molecule has 33 heavy (non-hydrogen) atoms. The average molecular weight is 454 g/mol. The summed E-state index contributed by atoms with van der Waals surface area (Å²) in [7, 11) is 1.58. The van der Waals surface area contributed by atoms with Gasteiger partial charge in [0.2, 0.25) is 5.91 Å². The summed E-state index contributed by atoms with van der Waals surface area (Å²) >= 11 is 0. The number of nitrogens with one attached hydrogen (secondary N) is 1. The highest BCUT2D eigenvalue weighted by atomic mass is 16.6. The fourth-order valence-electron chi connectivity index (χ4n) is 4.83. The van der Waals surface area contributed by atoms with E-state index >= 15 is 0 Å². The number of pyridine rings is 1. The van der Waals surface area contributed by atoms with Crippen LogP contribution >= 0.6 is 0 Å². The molecule has 3 N–H and O–H groups in total. The number of hydrogen-bond donors (Lipinski definition) is 2. The number of nitrogens with zero attached hydrogens (tertiary/aromatic N) is 5. The number of amides is 1. The maximum atomic E-state index is 13.2. The lowest BCUT2D eigenvalue weighted by atomic mass is 9.87. The number of carbonyl (C=O) groups excluding carboxylic acids is 1. The second-order valence-corrected chi connectivity index (χ2v) is 9.31. The molecule has 9 heteroatoms. The first kappa shape index (κ1) is 23.4. The standard InChI is InChI=1S/C24H35N7O2/c1-24(25)27-15-18(16-28-24)17-30-11-5-21(6-12-30)23(32)31-13-7-20(8-14-31)22(29-33-2)19-3-9-26-10-4-19/h3-4,9-10,15-16,20-21,27H,5-8,11-14,17,25H2,1-2H3/b29-22+. The summed E-state index contributed by atoms with van der Waals surface area (Å²) in [6.07, 6.45) is 10.9. The van der Waals surface area contributed by atoms with Crippen LogP contribution in [0, 0.1) is 11.8 Å². The molecular formula is C24H35N7O2. The first-order chi connectivity index (χ1) is 15.9. The number of likely N-dealkylation sites (tertiary alicyclic amines) is 2. The Morgan fingerprint density at radius 2 is 1.85 bits per heavy atom. The van der Waals surface area contributed by atoms with Crippen LogP contribution in [0.15, 0.2) is 46.4 Å². The van der Waals surface area contributed by atoms with Gasteiger partial charge in [0.15, 0.2) is 5.79 Å². The fourth-order valence-corrected chi connectivity index (χ4v) is 4.83. The summed E-state index contributed by atoms with van der Waals surface area (Å²) in [4.78, 5) is 31.2. The van der Waals surface area contributed by atoms with E-state index in [1.807, 2.05) is 31.5 Å². The highest BCUT2D eigenvalue weighted by Gasteiger charge is 2.32. The van der Waals surface area contributed by atoms with E-state index in [2.05, 4.69) is 30.2 Å². The zero-order valence-corrected chi connectivity index (χ0v) is 19.6. The average Bonchev–Trinajstić information content (AvgIpc) is 2.85. The predicted octanol–water partition coefficient (Wildman–Crippen LogP) is 1.57. The smallest absolute Gasteiger partial charge is 0.225 e. The lowest BCUT2D eigenvalue weighted by Crippen LogP contribution is -2.49. The molecule has 4 heterocycles. The number of aliphatic imine (C=N–C) groups is 1. The van der Waals surface area contributed by atoms with Gasteiger partial charge >= 0.3 is 0 Å². The first-order valence-corrected chi connectivity index (χ1v) is 11.8. The third kappa shape index (κ3) is 5.97. The van der Waals surface area contributed by atoms with Crippen molar-refractivity contribution >= 4 is 17.8 Å². The highest BCUT2D eigenvalue weighted by Crippen LogP contribution is 2.26. The van der Waals surface area contributed by atoms with Crippen molar-refractivity contribution in [2.45, 2.75) is 38.4 Å². The van der Waals surface area contributed by atoms with Gasteiger partial charge in [-0.05, 0) is 63.4 Å². The molecule has 0 aromatic carbocycles. The van der Waals surface area contributed by atoms with Crippen LogP contribution < -0.4 is 11.1 Å². The molecule has 1 unspecified atom stereocenters. The van der Waals surface area contributed by atoms with Crippen molar-refractivity contribution in [3.63, 3.8) is 0 Å². The second-order valence-electron chi connectivity index (χ2n) is 9.31. The molecule has 1 amide bonds. The third-order valence-corrected chi connectivity index (χ3v) is 6.75. The summed E-state index contributed by atoms with van der Waals surface area (Å²) in [6, 6.07) is 3.92. The van der Waals surface area contributed by atoms with Crippen molar-refractivity contribution < 1.29 is 9.63 Å². The minimum absolute atomic E-state index is 0.115. The Labute approximate surface area is 195 Å². The van der Waals surface area contributed by atoms with Gasteiger partial charge in [-0.25, -0.2) is 0 Å². The van der Waals surface area contributed by atoms with Gasteiger partial charge in [0.25, 0.3) is 0 Å². The molecule has 1 aromatic rings. The minimum Gasteiger partial charge on any atom is -0.399 e. The maximum absolute atomic E-state index is 13.2. The predicted molar refractivity (Wildman–Crippen MR) is 129 cm³/mol. The topological polar surface area (TPSA) is 108 Å². The zero-order valence-electron chi connectivity index (χ0n) is 19.6. The molecule has 1 atom stereocenters. The number of rotatable bonds is 6.